The Morgan fingerprint density at radius 2 is 1.91 bits per heavy atom. The van der Waals surface area contributed by atoms with Crippen molar-refractivity contribution in [1.82, 2.24) is 14.5 Å². The van der Waals surface area contributed by atoms with Gasteiger partial charge in [-0.1, -0.05) is 46.0 Å². The number of aromatic carboxylic acids is 1. The molecule has 0 saturated carbocycles. The number of carboxylic acid groups (broad SMARTS) is 1. The van der Waals surface area contributed by atoms with Crippen LogP contribution >= 0.6 is 11.3 Å². The van der Waals surface area contributed by atoms with Gasteiger partial charge < -0.3 is 10.0 Å². The molecule has 3 aromatic heterocycles. The van der Waals surface area contributed by atoms with Crippen LogP contribution in [-0.2, 0) is 0 Å². The van der Waals surface area contributed by atoms with Crippen molar-refractivity contribution in [2.45, 2.75) is 58.8 Å². The molecule has 0 aliphatic carbocycles. The lowest BCUT2D eigenvalue weighted by Gasteiger charge is -2.35. The summed E-state index contributed by atoms with van der Waals surface area (Å²) in [5.41, 5.74) is -0.493. The third kappa shape index (κ3) is 4.49. The molecule has 4 heterocycles. The summed E-state index contributed by atoms with van der Waals surface area (Å²) >= 11 is 1.33. The number of anilines is 1. The second kappa shape index (κ2) is 10.5. The summed E-state index contributed by atoms with van der Waals surface area (Å²) in [6.07, 6.45) is 10.3. The SMILES string of the molecule is CCCCCCCC(C)C(=O)c1ccnc2c1c(=O)c(C(=O)O)c(N1CCC1)n2-c1nccs1. The van der Waals surface area contributed by atoms with E-state index in [9.17, 15) is 19.5 Å². The van der Waals surface area contributed by atoms with Gasteiger partial charge in [0, 0.05) is 42.3 Å². The van der Waals surface area contributed by atoms with Gasteiger partial charge in [0.15, 0.2) is 16.6 Å². The normalized spacial score (nSPS) is 14.2. The number of nitrogens with zero attached hydrogens (tertiary/aromatic N) is 4. The van der Waals surface area contributed by atoms with Crippen LogP contribution in [-0.4, -0.2) is 44.5 Å². The van der Waals surface area contributed by atoms with Crippen LogP contribution in [0.4, 0.5) is 5.82 Å². The van der Waals surface area contributed by atoms with Crippen molar-refractivity contribution in [2.75, 3.05) is 18.0 Å². The molecule has 0 amide bonds. The Kier molecular flexibility index (Phi) is 7.41. The number of hydrogen-bond acceptors (Lipinski definition) is 7. The molecule has 1 fully saturated rings. The highest BCUT2D eigenvalue weighted by molar-refractivity contribution is 7.12. The molecule has 0 radical (unpaired) electrons. The number of Topliss-reactive ketones (excluding diaryl/α,β-unsaturated/α-hetero) is 1. The minimum atomic E-state index is -1.31. The van der Waals surface area contributed by atoms with Crippen molar-refractivity contribution >= 4 is 39.9 Å². The van der Waals surface area contributed by atoms with E-state index in [1.54, 1.807) is 22.2 Å². The van der Waals surface area contributed by atoms with E-state index in [1.165, 1.54) is 24.0 Å². The van der Waals surface area contributed by atoms with Gasteiger partial charge >= 0.3 is 5.97 Å². The number of carbonyl (C=O) groups is 2. The van der Waals surface area contributed by atoms with Crippen molar-refractivity contribution in [1.29, 1.82) is 0 Å². The average molecular weight is 483 g/mol. The number of pyridine rings is 2. The van der Waals surface area contributed by atoms with Crippen LogP contribution in [0.1, 0.15) is 79.5 Å². The highest BCUT2D eigenvalue weighted by Crippen LogP contribution is 2.32. The molecular weight excluding hydrogens is 452 g/mol. The Labute approximate surface area is 202 Å². The van der Waals surface area contributed by atoms with E-state index in [1.807, 2.05) is 11.8 Å². The van der Waals surface area contributed by atoms with Gasteiger partial charge in [-0.3, -0.25) is 14.2 Å². The number of fused-ring (bicyclic) bond motifs is 1. The van der Waals surface area contributed by atoms with Crippen molar-refractivity contribution in [2.24, 2.45) is 5.92 Å². The maximum absolute atomic E-state index is 13.6. The van der Waals surface area contributed by atoms with E-state index in [4.69, 9.17) is 0 Å². The van der Waals surface area contributed by atoms with Crippen LogP contribution in [0, 0.1) is 5.92 Å². The zero-order valence-electron chi connectivity index (χ0n) is 19.6. The molecule has 34 heavy (non-hydrogen) atoms. The highest BCUT2D eigenvalue weighted by Gasteiger charge is 2.32. The minimum Gasteiger partial charge on any atom is -0.477 e. The summed E-state index contributed by atoms with van der Waals surface area (Å²) in [6.45, 7) is 5.33. The van der Waals surface area contributed by atoms with Crippen LogP contribution in [0.5, 0.6) is 0 Å². The van der Waals surface area contributed by atoms with E-state index in [0.717, 1.165) is 38.5 Å². The molecule has 1 unspecified atom stereocenters. The first-order chi connectivity index (χ1) is 16.5. The maximum atomic E-state index is 13.6. The molecule has 1 aliphatic heterocycles. The first-order valence-corrected chi connectivity index (χ1v) is 12.8. The summed E-state index contributed by atoms with van der Waals surface area (Å²) in [5, 5.41) is 12.4. The Bertz CT molecular complexity index is 1250. The number of carbonyl (C=O) groups excluding carboxylic acids is 1. The number of hydrogen-bond donors (Lipinski definition) is 1. The zero-order valence-corrected chi connectivity index (χ0v) is 20.4. The fourth-order valence-corrected chi connectivity index (χ4v) is 5.11. The summed E-state index contributed by atoms with van der Waals surface area (Å²) in [6, 6.07) is 1.54. The molecule has 3 aromatic rings. The van der Waals surface area contributed by atoms with Crippen LogP contribution in [0.25, 0.3) is 16.2 Å². The second-order valence-electron chi connectivity index (χ2n) is 8.85. The first-order valence-electron chi connectivity index (χ1n) is 12.0. The number of rotatable bonds is 11. The molecule has 0 spiro atoms. The topological polar surface area (TPSA) is 105 Å². The predicted molar refractivity (Wildman–Crippen MR) is 134 cm³/mol. The molecule has 1 saturated heterocycles. The highest BCUT2D eigenvalue weighted by atomic mass is 32.1. The Morgan fingerprint density at radius 3 is 2.53 bits per heavy atom. The number of unbranched alkanes of at least 4 members (excludes halogenated alkanes) is 4. The lowest BCUT2D eigenvalue weighted by Crippen LogP contribution is -2.42. The molecule has 180 valence electrons. The number of carboxylic acids is 1. The van der Waals surface area contributed by atoms with Gasteiger partial charge in [-0.15, -0.1) is 11.3 Å². The van der Waals surface area contributed by atoms with Crippen LogP contribution in [0.2, 0.25) is 0 Å². The van der Waals surface area contributed by atoms with Crippen molar-refractivity contribution < 1.29 is 14.7 Å². The van der Waals surface area contributed by atoms with Crippen molar-refractivity contribution in [3.63, 3.8) is 0 Å². The van der Waals surface area contributed by atoms with Gasteiger partial charge in [0.05, 0.1) is 5.39 Å². The molecule has 9 heteroatoms. The summed E-state index contributed by atoms with van der Waals surface area (Å²) in [7, 11) is 0. The first kappa shape index (κ1) is 24.1. The smallest absolute Gasteiger partial charge is 0.343 e. The van der Waals surface area contributed by atoms with Crippen molar-refractivity contribution in [3.05, 3.63) is 45.2 Å². The monoisotopic (exact) mass is 482 g/mol. The number of thiazole rings is 1. The molecule has 1 N–H and O–H groups in total. The summed E-state index contributed by atoms with van der Waals surface area (Å²) in [4.78, 5) is 50.1. The zero-order chi connectivity index (χ0) is 24.2. The van der Waals surface area contributed by atoms with E-state index < -0.39 is 11.4 Å². The van der Waals surface area contributed by atoms with Crippen LogP contribution in [0.15, 0.2) is 28.6 Å². The summed E-state index contributed by atoms with van der Waals surface area (Å²) in [5.74, 6) is -1.46. The van der Waals surface area contributed by atoms with Gasteiger partial charge in [0.2, 0.25) is 5.43 Å². The van der Waals surface area contributed by atoms with Crippen LogP contribution < -0.4 is 10.3 Å². The molecule has 8 nitrogen and oxygen atoms in total. The predicted octanol–water partition coefficient (Wildman–Crippen LogP) is 4.93. The Balaban J connectivity index is 1.86. The standard InChI is InChI=1S/C25H30N4O4S/c1-3-4-5-6-7-9-16(2)20(30)17-10-11-26-22-18(17)21(31)19(24(32)33)23(28-13-8-14-28)29(22)25-27-12-15-34-25/h10-12,15-16H,3-9,13-14H2,1-2H3,(H,32,33). The second-order valence-corrected chi connectivity index (χ2v) is 9.72. The number of ketones is 1. The number of aromatic nitrogens is 3. The summed E-state index contributed by atoms with van der Waals surface area (Å²) < 4.78 is 1.64. The molecule has 1 atom stereocenters. The molecular formula is C25H30N4O4S. The van der Waals surface area contributed by atoms with E-state index in [-0.39, 0.29) is 39.7 Å². The minimum absolute atomic E-state index is 0.0576. The lowest BCUT2D eigenvalue weighted by atomic mass is 9.92. The van der Waals surface area contributed by atoms with Gasteiger partial charge in [0.1, 0.15) is 11.4 Å². The van der Waals surface area contributed by atoms with Crippen LogP contribution in [0.3, 0.4) is 0 Å². The van der Waals surface area contributed by atoms with Gasteiger partial charge in [-0.25, -0.2) is 14.8 Å². The Morgan fingerprint density at radius 1 is 1.15 bits per heavy atom. The maximum Gasteiger partial charge on any atom is 0.343 e. The van der Waals surface area contributed by atoms with E-state index in [2.05, 4.69) is 16.9 Å². The molecule has 1 aliphatic rings. The third-order valence-corrected chi connectivity index (χ3v) is 7.22. The average Bonchev–Trinajstić information content (AvgIpc) is 3.31. The van der Waals surface area contributed by atoms with Gasteiger partial charge in [-0.2, -0.15) is 0 Å². The van der Waals surface area contributed by atoms with Gasteiger partial charge in [0.25, 0.3) is 0 Å². The third-order valence-electron chi connectivity index (χ3n) is 6.47. The van der Waals surface area contributed by atoms with E-state index >= 15 is 0 Å². The van der Waals surface area contributed by atoms with Crippen molar-refractivity contribution in [3.8, 4) is 5.13 Å². The Hall–Kier alpha value is -3.07. The fourth-order valence-electron chi connectivity index (χ4n) is 4.47. The molecule has 4 rings (SSSR count). The fraction of sp³-hybridized carbons (Fsp3) is 0.480. The molecule has 0 bridgehead atoms. The van der Waals surface area contributed by atoms with E-state index in [0.29, 0.717) is 18.2 Å². The molecule has 0 aromatic carbocycles. The largest absolute Gasteiger partial charge is 0.477 e. The van der Waals surface area contributed by atoms with Gasteiger partial charge in [-0.05, 0) is 18.9 Å². The lowest BCUT2D eigenvalue weighted by molar-refractivity contribution is 0.0695. The quantitative estimate of drug-likeness (QED) is 0.305.